The number of carbonyl (C=O) groups is 2. The third kappa shape index (κ3) is 6.81. The number of carboxylic acids is 1. The average molecular weight is 769 g/mol. The van der Waals surface area contributed by atoms with Crippen molar-refractivity contribution in [2.75, 3.05) is 63.2 Å². The largest absolute Gasteiger partial charge is 0.493 e. The molecular formula is C39H38F2N8O7. The molecule has 0 saturated carbocycles. The second-order valence-corrected chi connectivity index (χ2v) is 13.6. The standard InChI is InChI=1S/C39H38F2N8O7/c1-20-6-7-28-24(10-20)33(44-39-43-16-23(36(42)45-39)11-22-12-31(54-3)35(56-5)32(13-22)55-4)37(51)48(28)19-47-9-8-46(17-21(47)2)30-15-29-25(14-27(30)40)34(50)26(38(52)53)18-49(29)41/h6-7,10,12-16,18,21H,8-9,11,17,19H2,1-5H3,(H,52,53)(H2,42,43,45)/b44-33-. The highest BCUT2D eigenvalue weighted by atomic mass is 19.2. The Hall–Kier alpha value is -6.62. The van der Waals surface area contributed by atoms with Gasteiger partial charge in [0.1, 0.15) is 22.9 Å². The number of nitrogens with two attached hydrogens (primary N) is 1. The van der Waals surface area contributed by atoms with Crippen LogP contribution in [0.5, 0.6) is 17.2 Å². The summed E-state index contributed by atoms with van der Waals surface area (Å²) in [5, 5.41) is 8.88. The van der Waals surface area contributed by atoms with E-state index in [9.17, 15) is 24.0 Å². The second-order valence-electron chi connectivity index (χ2n) is 13.6. The molecule has 2 aliphatic heterocycles. The molecule has 15 nitrogen and oxygen atoms in total. The number of aromatic carboxylic acids is 1. The Bertz CT molecular complexity index is 2480. The van der Waals surface area contributed by atoms with E-state index in [1.807, 2.05) is 44.2 Å². The van der Waals surface area contributed by atoms with E-state index in [2.05, 4.69) is 19.9 Å². The highest BCUT2D eigenvalue weighted by Gasteiger charge is 2.37. The number of nitrogens with zero attached hydrogens (tertiary/aromatic N) is 7. The number of rotatable bonds is 10. The predicted molar refractivity (Wildman–Crippen MR) is 205 cm³/mol. The van der Waals surface area contributed by atoms with Crippen LogP contribution in [-0.4, -0.2) is 96.0 Å². The Labute approximate surface area is 319 Å². The van der Waals surface area contributed by atoms with Gasteiger partial charge >= 0.3 is 5.97 Å². The number of aliphatic imine (C=N–C) groups is 1. The van der Waals surface area contributed by atoms with E-state index >= 15 is 4.39 Å². The normalized spacial score (nSPS) is 16.4. The van der Waals surface area contributed by atoms with Gasteiger partial charge < -0.3 is 30.0 Å². The van der Waals surface area contributed by atoms with E-state index in [4.69, 9.17) is 19.9 Å². The Morgan fingerprint density at radius 2 is 1.77 bits per heavy atom. The fourth-order valence-corrected chi connectivity index (χ4v) is 7.13. The zero-order valence-electron chi connectivity index (χ0n) is 31.2. The fraction of sp³-hybridized carbons (Fsp3) is 0.282. The lowest BCUT2D eigenvalue weighted by molar-refractivity contribution is -0.112. The molecule has 4 heterocycles. The lowest BCUT2D eigenvalue weighted by Gasteiger charge is -2.42. The smallest absolute Gasteiger partial charge is 0.341 e. The average Bonchev–Trinajstić information content (AvgIpc) is 3.42. The van der Waals surface area contributed by atoms with Crippen molar-refractivity contribution in [3.05, 3.63) is 98.7 Å². The zero-order valence-corrected chi connectivity index (χ0v) is 31.2. The molecule has 2 aromatic heterocycles. The summed E-state index contributed by atoms with van der Waals surface area (Å²) in [6.07, 6.45) is 2.51. The molecule has 0 spiro atoms. The first-order chi connectivity index (χ1) is 26.8. The molecule has 17 heteroatoms. The van der Waals surface area contributed by atoms with Gasteiger partial charge in [0, 0.05) is 49.4 Å². The number of carboxylic acid groups (broad SMARTS) is 1. The molecule has 3 N–H and O–H groups in total. The van der Waals surface area contributed by atoms with Crippen molar-refractivity contribution in [2.24, 2.45) is 4.99 Å². The van der Waals surface area contributed by atoms with Crippen molar-refractivity contribution < 1.29 is 37.8 Å². The number of piperazine rings is 1. The van der Waals surface area contributed by atoms with Crippen LogP contribution in [0.3, 0.4) is 0 Å². The maximum Gasteiger partial charge on any atom is 0.341 e. The summed E-state index contributed by atoms with van der Waals surface area (Å²) in [6.45, 7) is 5.07. The number of aromatic nitrogens is 3. The Kier molecular flexibility index (Phi) is 10.0. The highest BCUT2D eigenvalue weighted by Crippen LogP contribution is 2.39. The number of hydrogen-bond acceptors (Lipinski definition) is 12. The lowest BCUT2D eigenvalue weighted by atomic mass is 10.1. The van der Waals surface area contributed by atoms with Gasteiger partial charge in [0.2, 0.25) is 11.2 Å². The van der Waals surface area contributed by atoms with Crippen molar-refractivity contribution in [1.82, 2.24) is 19.7 Å². The van der Waals surface area contributed by atoms with Crippen LogP contribution in [0.1, 0.15) is 39.5 Å². The Balaban J connectivity index is 1.10. The quantitative estimate of drug-likeness (QED) is 0.204. The van der Waals surface area contributed by atoms with Gasteiger partial charge in [0.25, 0.3) is 11.9 Å². The molecule has 0 radical (unpaired) electrons. The number of amides is 1. The van der Waals surface area contributed by atoms with E-state index in [-0.39, 0.29) is 57.5 Å². The molecule has 290 valence electrons. The van der Waals surface area contributed by atoms with Crippen LogP contribution < -0.4 is 35.2 Å². The minimum Gasteiger partial charge on any atom is -0.493 e. The number of carbonyl (C=O) groups excluding carboxylic acids is 1. The Morgan fingerprint density at radius 1 is 1.04 bits per heavy atom. The van der Waals surface area contributed by atoms with Crippen molar-refractivity contribution in [2.45, 2.75) is 26.3 Å². The molecular weight excluding hydrogens is 730 g/mol. The van der Waals surface area contributed by atoms with E-state index < -0.39 is 22.8 Å². The molecule has 7 rings (SSSR count). The molecule has 1 saturated heterocycles. The van der Waals surface area contributed by atoms with Crippen LogP contribution in [0.2, 0.25) is 0 Å². The number of ether oxygens (including phenoxy) is 3. The summed E-state index contributed by atoms with van der Waals surface area (Å²) >= 11 is 0. The molecule has 3 aromatic carbocycles. The van der Waals surface area contributed by atoms with Crippen LogP contribution >= 0.6 is 0 Å². The number of benzene rings is 3. The first-order valence-electron chi connectivity index (χ1n) is 17.5. The highest BCUT2D eigenvalue weighted by molar-refractivity contribution is 6.54. The van der Waals surface area contributed by atoms with Gasteiger partial charge in [0.15, 0.2) is 11.5 Å². The number of halogens is 2. The molecule has 0 aliphatic carbocycles. The summed E-state index contributed by atoms with van der Waals surface area (Å²) in [6, 6.07) is 11.1. The topological polar surface area (TPSA) is 178 Å². The molecule has 5 aromatic rings. The van der Waals surface area contributed by atoms with Gasteiger partial charge in [-0.3, -0.25) is 19.4 Å². The van der Waals surface area contributed by atoms with Gasteiger partial charge in [0.05, 0.1) is 56.5 Å². The monoisotopic (exact) mass is 768 g/mol. The molecule has 2 aliphatic rings. The van der Waals surface area contributed by atoms with Crippen LogP contribution in [0.25, 0.3) is 10.9 Å². The molecule has 0 bridgehead atoms. The number of methoxy groups -OCH3 is 3. The van der Waals surface area contributed by atoms with Crippen LogP contribution in [0.4, 0.5) is 32.0 Å². The minimum absolute atomic E-state index is 0.0195. The van der Waals surface area contributed by atoms with Crippen LogP contribution in [0.15, 0.2) is 64.6 Å². The summed E-state index contributed by atoms with van der Waals surface area (Å²) < 4.78 is 46.7. The number of anilines is 3. The van der Waals surface area contributed by atoms with Crippen molar-refractivity contribution in [1.29, 1.82) is 0 Å². The summed E-state index contributed by atoms with van der Waals surface area (Å²) in [7, 11) is 4.60. The van der Waals surface area contributed by atoms with Gasteiger partial charge in [-0.1, -0.05) is 16.1 Å². The van der Waals surface area contributed by atoms with Gasteiger partial charge in [-0.25, -0.2) is 19.2 Å². The molecule has 1 amide bonds. The number of aryl methyl sites for hydroxylation is 1. The molecule has 56 heavy (non-hydrogen) atoms. The zero-order chi connectivity index (χ0) is 40.0. The van der Waals surface area contributed by atoms with Crippen LogP contribution in [0, 0.1) is 12.7 Å². The minimum atomic E-state index is -1.61. The van der Waals surface area contributed by atoms with Gasteiger partial charge in [-0.2, -0.15) is 9.77 Å². The molecule has 1 atom stereocenters. The lowest BCUT2D eigenvalue weighted by Crippen LogP contribution is -2.55. The second kappa shape index (κ2) is 14.9. The van der Waals surface area contributed by atoms with E-state index in [1.54, 1.807) is 16.0 Å². The predicted octanol–water partition coefficient (Wildman–Crippen LogP) is 4.50. The SMILES string of the molecule is COc1cc(Cc2cnc(/N=C3\C(=O)N(CN4CCN(c5cc6c(cc5F)c(=O)c(C(=O)O)cn6F)CC4C)c4ccc(C)cc43)nc2N)cc(OC)c1OC. The summed E-state index contributed by atoms with van der Waals surface area (Å²) in [5.74, 6) is -1.09. The summed E-state index contributed by atoms with van der Waals surface area (Å²) in [5.41, 5.74) is 8.24. The first kappa shape index (κ1) is 37.7. The Morgan fingerprint density at radius 3 is 2.41 bits per heavy atom. The third-order valence-electron chi connectivity index (χ3n) is 10.0. The number of hydrogen-bond donors (Lipinski definition) is 2. The number of nitrogen functional groups attached to an aromatic ring is 1. The molecule has 1 unspecified atom stereocenters. The van der Waals surface area contributed by atoms with Crippen molar-refractivity contribution in [3.8, 4) is 17.2 Å². The number of pyridine rings is 1. The van der Waals surface area contributed by atoms with Crippen molar-refractivity contribution in [3.63, 3.8) is 0 Å². The van der Waals surface area contributed by atoms with E-state index in [0.29, 0.717) is 66.3 Å². The van der Waals surface area contributed by atoms with Crippen LogP contribution in [-0.2, 0) is 11.2 Å². The first-order valence-corrected chi connectivity index (χ1v) is 17.5. The van der Waals surface area contributed by atoms with Gasteiger partial charge in [-0.05, 0) is 55.8 Å². The van der Waals surface area contributed by atoms with Crippen molar-refractivity contribution >= 4 is 51.6 Å². The van der Waals surface area contributed by atoms with E-state index in [0.717, 1.165) is 17.2 Å². The fourth-order valence-electron chi connectivity index (χ4n) is 7.13. The number of fused-ring (bicyclic) bond motifs is 2. The van der Waals surface area contributed by atoms with Gasteiger partial charge in [-0.15, -0.1) is 0 Å². The maximum absolute atomic E-state index is 15.4. The summed E-state index contributed by atoms with van der Waals surface area (Å²) in [4.78, 5) is 57.0. The third-order valence-corrected chi connectivity index (χ3v) is 10.0. The van der Waals surface area contributed by atoms with E-state index in [1.165, 1.54) is 27.4 Å². The maximum atomic E-state index is 15.4. The molecule has 1 fully saturated rings.